The summed E-state index contributed by atoms with van der Waals surface area (Å²) in [6, 6.07) is 13.1. The van der Waals surface area contributed by atoms with Crippen LogP contribution in [0, 0.1) is 12.7 Å². The van der Waals surface area contributed by atoms with Gasteiger partial charge in [0, 0.05) is 19.3 Å². The van der Waals surface area contributed by atoms with Crippen molar-refractivity contribution in [3.8, 4) is 0 Å². The molecule has 2 aromatic carbocycles. The molecule has 0 atom stereocenters. The number of aryl methyl sites for hydroxylation is 1. The first-order valence-electron chi connectivity index (χ1n) is 5.90. The van der Waals surface area contributed by atoms with Crippen molar-refractivity contribution < 1.29 is 4.39 Å². The molecule has 94 valence electrons. The van der Waals surface area contributed by atoms with Gasteiger partial charge in [-0.25, -0.2) is 4.39 Å². The molecule has 3 heteroatoms. The molecule has 0 heterocycles. The van der Waals surface area contributed by atoms with Gasteiger partial charge in [-0.3, -0.25) is 0 Å². The zero-order valence-electron chi connectivity index (χ0n) is 10.7. The smallest absolute Gasteiger partial charge is 0.147 e. The van der Waals surface area contributed by atoms with E-state index < -0.39 is 0 Å². The van der Waals surface area contributed by atoms with E-state index in [0.29, 0.717) is 12.2 Å². The molecule has 0 radical (unpaired) electrons. The summed E-state index contributed by atoms with van der Waals surface area (Å²) < 4.78 is 14.0. The second kappa shape index (κ2) is 5.19. The van der Waals surface area contributed by atoms with Crippen LogP contribution in [0.3, 0.4) is 0 Å². The Hall–Kier alpha value is -1.87. The number of benzene rings is 2. The summed E-state index contributed by atoms with van der Waals surface area (Å²) >= 11 is 0. The third-order valence-electron chi connectivity index (χ3n) is 3.00. The molecule has 0 spiro atoms. The fourth-order valence-electron chi connectivity index (χ4n) is 1.93. The lowest BCUT2D eigenvalue weighted by molar-refractivity contribution is 0.625. The topological polar surface area (TPSA) is 29.3 Å². The van der Waals surface area contributed by atoms with Crippen molar-refractivity contribution in [2.75, 3.05) is 11.9 Å². The molecule has 2 rings (SSSR count). The lowest BCUT2D eigenvalue weighted by atomic mass is 10.1. The number of nitrogens with two attached hydrogens (primary N) is 1. The highest BCUT2D eigenvalue weighted by Crippen LogP contribution is 2.27. The maximum atomic E-state index is 14.0. The summed E-state index contributed by atoms with van der Waals surface area (Å²) in [6.07, 6.45) is 0. The monoisotopic (exact) mass is 244 g/mol. The highest BCUT2D eigenvalue weighted by molar-refractivity contribution is 5.63. The summed E-state index contributed by atoms with van der Waals surface area (Å²) in [6.45, 7) is 2.37. The molecule has 0 fully saturated rings. The summed E-state index contributed by atoms with van der Waals surface area (Å²) in [5, 5.41) is 0. The fourth-order valence-corrected chi connectivity index (χ4v) is 1.93. The predicted molar refractivity (Wildman–Crippen MR) is 73.5 cm³/mol. The van der Waals surface area contributed by atoms with Gasteiger partial charge in [-0.15, -0.1) is 0 Å². The van der Waals surface area contributed by atoms with Crippen LogP contribution in [0.15, 0.2) is 42.5 Å². The van der Waals surface area contributed by atoms with Crippen molar-refractivity contribution in [2.24, 2.45) is 5.73 Å². The number of nitrogens with zero attached hydrogens (tertiary/aromatic N) is 1. The van der Waals surface area contributed by atoms with Crippen LogP contribution in [0.5, 0.6) is 0 Å². The molecule has 0 saturated carbocycles. The van der Waals surface area contributed by atoms with Crippen molar-refractivity contribution in [1.29, 1.82) is 0 Å². The molecule has 18 heavy (non-hydrogen) atoms. The van der Waals surface area contributed by atoms with Crippen LogP contribution >= 0.6 is 0 Å². The van der Waals surface area contributed by atoms with Gasteiger partial charge in [-0.2, -0.15) is 0 Å². The molecule has 0 bridgehead atoms. The van der Waals surface area contributed by atoms with E-state index in [2.05, 4.69) is 0 Å². The number of hydrogen-bond donors (Lipinski definition) is 1. The van der Waals surface area contributed by atoms with E-state index in [9.17, 15) is 4.39 Å². The van der Waals surface area contributed by atoms with E-state index >= 15 is 0 Å². The van der Waals surface area contributed by atoms with E-state index in [1.165, 1.54) is 6.07 Å². The van der Waals surface area contributed by atoms with E-state index in [-0.39, 0.29) is 5.82 Å². The Balaban J connectivity index is 2.37. The third kappa shape index (κ3) is 2.51. The van der Waals surface area contributed by atoms with Gasteiger partial charge in [0.1, 0.15) is 5.82 Å². The van der Waals surface area contributed by atoms with Gasteiger partial charge in [-0.1, -0.05) is 18.2 Å². The first-order valence-corrected chi connectivity index (χ1v) is 5.90. The highest BCUT2D eigenvalue weighted by Gasteiger charge is 2.09. The fraction of sp³-hybridized carbons (Fsp3) is 0.200. The summed E-state index contributed by atoms with van der Waals surface area (Å²) in [5.74, 6) is -0.248. The van der Waals surface area contributed by atoms with E-state index in [0.717, 1.165) is 16.8 Å². The van der Waals surface area contributed by atoms with Gasteiger partial charge < -0.3 is 10.6 Å². The molecule has 0 aliphatic carbocycles. The Morgan fingerprint density at radius 2 is 1.94 bits per heavy atom. The van der Waals surface area contributed by atoms with Crippen LogP contribution in [0.1, 0.15) is 11.1 Å². The summed E-state index contributed by atoms with van der Waals surface area (Å²) in [4.78, 5) is 1.84. The van der Waals surface area contributed by atoms with Crippen LogP contribution in [0.4, 0.5) is 15.8 Å². The van der Waals surface area contributed by atoms with Gasteiger partial charge in [0.15, 0.2) is 0 Å². The Bertz CT molecular complexity index is 552. The Kier molecular flexibility index (Phi) is 3.63. The average molecular weight is 244 g/mol. The van der Waals surface area contributed by atoms with Crippen molar-refractivity contribution in [2.45, 2.75) is 13.5 Å². The third-order valence-corrected chi connectivity index (χ3v) is 3.00. The van der Waals surface area contributed by atoms with Crippen LogP contribution < -0.4 is 10.6 Å². The van der Waals surface area contributed by atoms with E-state index in [1.807, 2.05) is 49.2 Å². The van der Waals surface area contributed by atoms with Crippen molar-refractivity contribution in [3.05, 3.63) is 59.4 Å². The molecule has 0 aromatic heterocycles. The van der Waals surface area contributed by atoms with Gasteiger partial charge in [0.2, 0.25) is 0 Å². The number of hydrogen-bond acceptors (Lipinski definition) is 2. The Morgan fingerprint density at radius 1 is 1.17 bits per heavy atom. The molecule has 0 unspecified atom stereocenters. The Labute approximate surface area is 107 Å². The maximum absolute atomic E-state index is 14.0. The van der Waals surface area contributed by atoms with Crippen LogP contribution in [-0.4, -0.2) is 7.05 Å². The van der Waals surface area contributed by atoms with E-state index in [1.54, 1.807) is 6.07 Å². The van der Waals surface area contributed by atoms with Gasteiger partial charge in [0.25, 0.3) is 0 Å². The van der Waals surface area contributed by atoms with Gasteiger partial charge >= 0.3 is 0 Å². The molecule has 2 nitrogen and oxygen atoms in total. The number of halogens is 1. The van der Waals surface area contributed by atoms with Crippen molar-refractivity contribution >= 4 is 11.4 Å². The quantitative estimate of drug-likeness (QED) is 0.897. The standard InChI is InChI=1S/C15H17FN2/c1-11-4-3-5-13(8-11)18(2)15-7-6-12(10-17)9-14(15)16/h3-9H,10,17H2,1-2H3. The van der Waals surface area contributed by atoms with Crippen molar-refractivity contribution in [3.63, 3.8) is 0 Å². The average Bonchev–Trinajstić information content (AvgIpc) is 2.37. The lowest BCUT2D eigenvalue weighted by Gasteiger charge is -2.21. The molecule has 0 saturated heterocycles. The lowest BCUT2D eigenvalue weighted by Crippen LogP contribution is -2.12. The molecule has 0 aliphatic heterocycles. The minimum Gasteiger partial charge on any atom is -0.342 e. The minimum absolute atomic E-state index is 0.248. The van der Waals surface area contributed by atoms with Crippen LogP contribution in [0.25, 0.3) is 0 Å². The number of anilines is 2. The largest absolute Gasteiger partial charge is 0.342 e. The normalized spacial score (nSPS) is 10.4. The first-order chi connectivity index (χ1) is 8.61. The second-order valence-corrected chi connectivity index (χ2v) is 4.39. The SMILES string of the molecule is Cc1cccc(N(C)c2ccc(CN)cc2F)c1. The molecule has 0 aliphatic rings. The second-order valence-electron chi connectivity index (χ2n) is 4.39. The first kappa shape index (κ1) is 12.6. The zero-order valence-corrected chi connectivity index (χ0v) is 10.7. The summed E-state index contributed by atoms with van der Waals surface area (Å²) in [7, 11) is 1.86. The number of rotatable bonds is 3. The van der Waals surface area contributed by atoms with Gasteiger partial charge in [-0.05, 0) is 42.3 Å². The van der Waals surface area contributed by atoms with Crippen LogP contribution in [-0.2, 0) is 6.54 Å². The summed E-state index contributed by atoms with van der Waals surface area (Å²) in [5.41, 5.74) is 8.97. The van der Waals surface area contributed by atoms with Gasteiger partial charge in [0.05, 0.1) is 5.69 Å². The maximum Gasteiger partial charge on any atom is 0.147 e. The Morgan fingerprint density at radius 3 is 2.56 bits per heavy atom. The highest BCUT2D eigenvalue weighted by atomic mass is 19.1. The molecule has 2 N–H and O–H groups in total. The predicted octanol–water partition coefficient (Wildman–Crippen LogP) is 3.36. The minimum atomic E-state index is -0.248. The molecule has 0 amide bonds. The van der Waals surface area contributed by atoms with Crippen molar-refractivity contribution in [1.82, 2.24) is 0 Å². The zero-order chi connectivity index (χ0) is 13.1. The molecular formula is C15H17FN2. The molecule has 2 aromatic rings. The van der Waals surface area contributed by atoms with E-state index in [4.69, 9.17) is 5.73 Å². The van der Waals surface area contributed by atoms with Crippen LogP contribution in [0.2, 0.25) is 0 Å². The molecular weight excluding hydrogens is 227 g/mol.